The molecule has 11 nitrogen and oxygen atoms in total. The summed E-state index contributed by atoms with van der Waals surface area (Å²) in [5.74, 6) is -3.63. The Kier molecular flexibility index (Phi) is 3.69. The molecule has 0 aliphatic carbocycles. The van der Waals surface area contributed by atoms with Gasteiger partial charge in [0.1, 0.15) is 17.4 Å². The van der Waals surface area contributed by atoms with Crippen molar-refractivity contribution in [2.24, 2.45) is 5.92 Å². The number of nitrogens with one attached hydrogen (secondary N) is 4. The van der Waals surface area contributed by atoms with Crippen molar-refractivity contribution in [2.45, 2.75) is 12.8 Å². The van der Waals surface area contributed by atoms with Gasteiger partial charge in [0.05, 0.1) is 11.5 Å². The summed E-state index contributed by atoms with van der Waals surface area (Å²) in [6, 6.07) is 4.90. The fraction of sp³-hybridized carbons (Fsp3) is 0.211. The smallest absolute Gasteiger partial charge is 0.327 e. The molecule has 3 aliphatic rings. The van der Waals surface area contributed by atoms with E-state index in [1.54, 1.807) is 18.2 Å². The number of benzene rings is 1. The highest BCUT2D eigenvalue weighted by molar-refractivity contribution is 6.26. The fourth-order valence-electron chi connectivity index (χ4n) is 3.98. The monoisotopic (exact) mass is 410 g/mol. The van der Waals surface area contributed by atoms with Crippen molar-refractivity contribution in [2.75, 3.05) is 12.1 Å². The largest absolute Gasteiger partial charge is 0.454 e. The first-order chi connectivity index (χ1) is 14.3. The van der Waals surface area contributed by atoms with Crippen LogP contribution in [0.5, 0.6) is 11.5 Å². The molecule has 0 radical (unpaired) electrons. The zero-order valence-corrected chi connectivity index (χ0v) is 15.5. The third-order valence-corrected chi connectivity index (χ3v) is 5.25. The van der Waals surface area contributed by atoms with Gasteiger partial charge in [-0.2, -0.15) is 0 Å². The summed E-state index contributed by atoms with van der Waals surface area (Å²) < 4.78 is 10.7. The van der Waals surface area contributed by atoms with E-state index in [0.717, 1.165) is 6.92 Å². The highest BCUT2D eigenvalue weighted by Crippen LogP contribution is 2.44. The van der Waals surface area contributed by atoms with Crippen LogP contribution in [-0.2, 0) is 14.4 Å². The Balaban J connectivity index is 1.78. The molecule has 30 heavy (non-hydrogen) atoms. The van der Waals surface area contributed by atoms with Gasteiger partial charge in [0.15, 0.2) is 23.2 Å². The molecule has 4 heterocycles. The van der Waals surface area contributed by atoms with Crippen molar-refractivity contribution in [1.29, 1.82) is 0 Å². The highest BCUT2D eigenvalue weighted by atomic mass is 16.7. The number of ether oxygens (including phenoxy) is 2. The average Bonchev–Trinajstić information content (AvgIpc) is 3.13. The lowest BCUT2D eigenvalue weighted by molar-refractivity contribution is -0.139. The van der Waals surface area contributed by atoms with E-state index in [4.69, 9.17) is 9.47 Å². The van der Waals surface area contributed by atoms with E-state index >= 15 is 0 Å². The first kappa shape index (κ1) is 17.9. The number of carbonyl (C=O) groups is 3. The molecule has 0 bridgehead atoms. The summed E-state index contributed by atoms with van der Waals surface area (Å²) in [5, 5.41) is 5.25. The van der Waals surface area contributed by atoms with E-state index in [9.17, 15) is 24.0 Å². The SMILES string of the molecule is CC(=O)C1C(=O)NC2=C(C1=O)C(c1ccc3c(c1)OCO3)c1c([nH]c(=O)[nH]c1=O)N2. The van der Waals surface area contributed by atoms with Gasteiger partial charge in [-0.15, -0.1) is 0 Å². The van der Waals surface area contributed by atoms with Crippen LogP contribution in [0.4, 0.5) is 5.82 Å². The number of rotatable bonds is 2. The third kappa shape index (κ3) is 2.48. The molecule has 11 heteroatoms. The maximum atomic E-state index is 13.2. The van der Waals surface area contributed by atoms with Crippen LogP contribution in [0, 0.1) is 5.92 Å². The number of anilines is 1. The molecule has 0 fully saturated rings. The van der Waals surface area contributed by atoms with Crippen molar-refractivity contribution < 1.29 is 23.9 Å². The Hall–Kier alpha value is -4.15. The summed E-state index contributed by atoms with van der Waals surface area (Å²) in [6.07, 6.45) is 0. The molecule has 4 N–H and O–H groups in total. The van der Waals surface area contributed by atoms with Crippen LogP contribution in [0.2, 0.25) is 0 Å². The van der Waals surface area contributed by atoms with Crippen LogP contribution < -0.4 is 31.4 Å². The van der Waals surface area contributed by atoms with Crippen LogP contribution in [0.3, 0.4) is 0 Å². The van der Waals surface area contributed by atoms with Gasteiger partial charge < -0.3 is 20.1 Å². The predicted molar refractivity (Wildman–Crippen MR) is 100 cm³/mol. The molecule has 0 spiro atoms. The quantitative estimate of drug-likeness (QED) is 0.481. The van der Waals surface area contributed by atoms with Gasteiger partial charge in [0, 0.05) is 5.57 Å². The van der Waals surface area contributed by atoms with E-state index in [1.165, 1.54) is 0 Å². The van der Waals surface area contributed by atoms with E-state index in [2.05, 4.69) is 20.6 Å². The van der Waals surface area contributed by atoms with Gasteiger partial charge in [0.25, 0.3) is 5.56 Å². The normalized spacial score (nSPS) is 21.5. The van der Waals surface area contributed by atoms with Crippen molar-refractivity contribution in [3.8, 4) is 11.5 Å². The summed E-state index contributed by atoms with van der Waals surface area (Å²) in [7, 11) is 0. The summed E-state index contributed by atoms with van der Waals surface area (Å²) in [5.41, 5.74) is -0.870. The molecule has 5 rings (SSSR count). The number of hydrogen-bond donors (Lipinski definition) is 4. The molecule has 3 aliphatic heterocycles. The number of H-pyrrole nitrogens is 2. The summed E-state index contributed by atoms with van der Waals surface area (Å²) in [4.78, 5) is 66.6. The number of aromatic amines is 2. The van der Waals surface area contributed by atoms with Gasteiger partial charge in [-0.3, -0.25) is 29.1 Å². The zero-order valence-electron chi connectivity index (χ0n) is 15.5. The van der Waals surface area contributed by atoms with Crippen molar-refractivity contribution >= 4 is 23.3 Å². The van der Waals surface area contributed by atoms with Gasteiger partial charge >= 0.3 is 5.69 Å². The van der Waals surface area contributed by atoms with E-state index < -0.39 is 40.6 Å². The molecular weight excluding hydrogens is 396 g/mol. The Morgan fingerprint density at radius 3 is 2.57 bits per heavy atom. The number of carbonyl (C=O) groups excluding carboxylic acids is 3. The van der Waals surface area contributed by atoms with Gasteiger partial charge in [-0.1, -0.05) is 6.07 Å². The molecule has 152 valence electrons. The number of allylic oxidation sites excluding steroid dienone is 1. The van der Waals surface area contributed by atoms with Crippen LogP contribution in [0.15, 0.2) is 39.2 Å². The molecule has 2 atom stereocenters. The number of fused-ring (bicyclic) bond motifs is 2. The number of aromatic nitrogens is 2. The fourth-order valence-corrected chi connectivity index (χ4v) is 3.98. The third-order valence-electron chi connectivity index (χ3n) is 5.25. The van der Waals surface area contributed by atoms with E-state index in [1.807, 2.05) is 0 Å². The lowest BCUT2D eigenvalue weighted by atomic mass is 9.76. The minimum Gasteiger partial charge on any atom is -0.454 e. The van der Waals surface area contributed by atoms with Gasteiger partial charge in [-0.25, -0.2) is 4.79 Å². The second-order valence-electron chi connectivity index (χ2n) is 7.05. The molecule has 0 saturated carbocycles. The molecular formula is C19H14N4O7. The first-order valence-corrected chi connectivity index (χ1v) is 8.98. The number of hydrogen-bond acceptors (Lipinski definition) is 8. The Morgan fingerprint density at radius 1 is 1.03 bits per heavy atom. The topological polar surface area (TPSA) is 159 Å². The second-order valence-corrected chi connectivity index (χ2v) is 7.05. The maximum Gasteiger partial charge on any atom is 0.327 e. The van der Waals surface area contributed by atoms with Gasteiger partial charge in [-0.05, 0) is 24.6 Å². The van der Waals surface area contributed by atoms with Crippen molar-refractivity contribution in [3.05, 3.63) is 61.6 Å². The standard InChI is InChI=1S/C19H14N4O7/c1-6(24)10-14(25)12-11(7-2-3-8-9(4-7)30-5-29-8)13-16(20-15(12)21-17(10)26)22-19(28)23-18(13)27/h2-4,10-11H,5H2,1H3,(H,21,26)(H3,20,22,23,27,28). The predicted octanol–water partition coefficient (Wildman–Crippen LogP) is -0.535. The Labute approximate surface area is 167 Å². The van der Waals surface area contributed by atoms with Crippen LogP contribution in [-0.4, -0.2) is 34.2 Å². The molecule has 1 aromatic carbocycles. The second kappa shape index (κ2) is 6.17. The molecule has 1 amide bonds. The molecule has 2 aromatic rings. The van der Waals surface area contributed by atoms with Crippen molar-refractivity contribution in [1.82, 2.24) is 15.3 Å². The number of Topliss-reactive ketones (excluding diaryl/α,β-unsaturated/α-hetero) is 2. The van der Waals surface area contributed by atoms with Crippen LogP contribution in [0.1, 0.15) is 24.0 Å². The van der Waals surface area contributed by atoms with Crippen molar-refractivity contribution in [3.63, 3.8) is 0 Å². The molecule has 2 unspecified atom stereocenters. The Morgan fingerprint density at radius 2 is 1.80 bits per heavy atom. The average molecular weight is 410 g/mol. The van der Waals surface area contributed by atoms with E-state index in [-0.39, 0.29) is 29.6 Å². The highest BCUT2D eigenvalue weighted by Gasteiger charge is 2.46. The zero-order chi connectivity index (χ0) is 21.2. The van der Waals surface area contributed by atoms with Gasteiger partial charge in [0.2, 0.25) is 12.7 Å². The maximum absolute atomic E-state index is 13.2. The Bertz CT molecular complexity index is 1300. The number of amides is 1. The lowest BCUT2D eigenvalue weighted by Gasteiger charge is -2.34. The first-order valence-electron chi connectivity index (χ1n) is 8.98. The minimum atomic E-state index is -1.52. The summed E-state index contributed by atoms with van der Waals surface area (Å²) >= 11 is 0. The van der Waals surface area contributed by atoms with Crippen LogP contribution >= 0.6 is 0 Å². The van der Waals surface area contributed by atoms with Crippen LogP contribution in [0.25, 0.3) is 0 Å². The molecule has 0 saturated heterocycles. The minimum absolute atomic E-state index is 0.0129. The number of ketones is 2. The molecule has 1 aromatic heterocycles. The summed E-state index contributed by atoms with van der Waals surface area (Å²) in [6.45, 7) is 1.18. The van der Waals surface area contributed by atoms with E-state index in [0.29, 0.717) is 17.1 Å². The lowest BCUT2D eigenvalue weighted by Crippen LogP contribution is -2.50.